The van der Waals surface area contributed by atoms with Crippen LogP contribution in [0.4, 0.5) is 0 Å². The molecule has 7 nitrogen and oxygen atoms in total. The Morgan fingerprint density at radius 2 is 1.77 bits per heavy atom. The largest absolute Gasteiger partial charge is 0.461 e. The number of hydrogen-bond donors (Lipinski definition) is 1. The number of carbonyl (C=O) groups excluding carboxylic acids is 3. The number of nitrogens with zero attached hydrogens (tertiary/aromatic N) is 1. The first-order chi connectivity index (χ1) is 12.2. The van der Waals surface area contributed by atoms with Crippen molar-refractivity contribution in [1.29, 1.82) is 0 Å². The van der Waals surface area contributed by atoms with E-state index in [1.807, 2.05) is 0 Å². The molecule has 1 N–H and O–H groups in total. The van der Waals surface area contributed by atoms with Gasteiger partial charge in [-0.05, 0) is 33.3 Å². The number of aryl methyl sites for hydroxylation is 1. The Bertz CT molecular complexity index is 663. The minimum absolute atomic E-state index is 0.112. The SMILES string of the molecule is CCOC(=O)c1[nH]c(C)c(C(=O)[C@H](C)N(CCOC)C(=O)C(C)C)c1C. The number of aromatic nitrogens is 1. The van der Waals surface area contributed by atoms with E-state index < -0.39 is 12.0 Å². The summed E-state index contributed by atoms with van der Waals surface area (Å²) in [5.41, 5.74) is 1.84. The van der Waals surface area contributed by atoms with Crippen LogP contribution in [0.5, 0.6) is 0 Å². The summed E-state index contributed by atoms with van der Waals surface area (Å²) in [6, 6.07) is -0.664. The number of rotatable bonds is 9. The van der Waals surface area contributed by atoms with E-state index in [0.29, 0.717) is 30.0 Å². The summed E-state index contributed by atoms with van der Waals surface area (Å²) in [6.45, 7) is 11.4. The summed E-state index contributed by atoms with van der Waals surface area (Å²) < 4.78 is 10.1. The summed E-state index contributed by atoms with van der Waals surface area (Å²) in [6.07, 6.45) is 0. The molecule has 0 unspecified atom stereocenters. The number of methoxy groups -OCH3 is 1. The average molecular weight is 366 g/mol. The number of ether oxygens (including phenoxy) is 2. The van der Waals surface area contributed by atoms with Gasteiger partial charge in [-0.1, -0.05) is 13.8 Å². The number of Topliss-reactive ketones (excluding diaryl/α,β-unsaturated/α-hetero) is 1. The van der Waals surface area contributed by atoms with Crippen LogP contribution in [0.25, 0.3) is 0 Å². The maximum absolute atomic E-state index is 13.1. The number of aromatic amines is 1. The van der Waals surface area contributed by atoms with Crippen molar-refractivity contribution in [2.24, 2.45) is 5.92 Å². The fraction of sp³-hybridized carbons (Fsp3) is 0.632. The topological polar surface area (TPSA) is 88.7 Å². The molecule has 0 aliphatic rings. The van der Waals surface area contributed by atoms with E-state index in [2.05, 4.69) is 4.98 Å². The molecule has 26 heavy (non-hydrogen) atoms. The monoisotopic (exact) mass is 366 g/mol. The molecule has 0 spiro atoms. The van der Waals surface area contributed by atoms with Gasteiger partial charge in [-0.15, -0.1) is 0 Å². The van der Waals surface area contributed by atoms with E-state index in [1.54, 1.807) is 48.7 Å². The Labute approximate surface area is 155 Å². The molecule has 1 heterocycles. The van der Waals surface area contributed by atoms with Crippen LogP contribution >= 0.6 is 0 Å². The second kappa shape index (κ2) is 9.52. The third-order valence-corrected chi connectivity index (χ3v) is 4.32. The van der Waals surface area contributed by atoms with Crippen molar-refractivity contribution in [3.05, 3.63) is 22.5 Å². The van der Waals surface area contributed by atoms with Gasteiger partial charge in [0.15, 0.2) is 5.78 Å². The lowest BCUT2D eigenvalue weighted by Gasteiger charge is -2.30. The number of esters is 1. The van der Waals surface area contributed by atoms with Crippen molar-refractivity contribution < 1.29 is 23.9 Å². The van der Waals surface area contributed by atoms with Gasteiger partial charge in [0.1, 0.15) is 5.69 Å². The van der Waals surface area contributed by atoms with Crippen molar-refractivity contribution in [2.45, 2.75) is 47.6 Å². The van der Waals surface area contributed by atoms with Crippen LogP contribution in [0.2, 0.25) is 0 Å². The van der Waals surface area contributed by atoms with E-state index in [1.165, 1.54) is 4.90 Å². The molecule has 0 saturated carbocycles. The third kappa shape index (κ3) is 4.72. The summed E-state index contributed by atoms with van der Waals surface area (Å²) in [5, 5.41) is 0. The van der Waals surface area contributed by atoms with Gasteiger partial charge in [0.25, 0.3) is 0 Å². The summed E-state index contributed by atoms with van der Waals surface area (Å²) >= 11 is 0. The van der Waals surface area contributed by atoms with Gasteiger partial charge in [-0.2, -0.15) is 0 Å². The number of hydrogen-bond acceptors (Lipinski definition) is 5. The van der Waals surface area contributed by atoms with Crippen LogP contribution in [0.15, 0.2) is 0 Å². The van der Waals surface area contributed by atoms with Gasteiger partial charge in [0.2, 0.25) is 5.91 Å². The predicted octanol–water partition coefficient (Wildman–Crippen LogP) is 2.51. The quantitative estimate of drug-likeness (QED) is 0.536. The zero-order valence-electron chi connectivity index (χ0n) is 16.8. The van der Waals surface area contributed by atoms with Gasteiger partial charge in [-0.3, -0.25) is 9.59 Å². The Kier molecular flexibility index (Phi) is 8.02. The van der Waals surface area contributed by atoms with E-state index >= 15 is 0 Å². The molecule has 0 aliphatic heterocycles. The molecule has 0 aliphatic carbocycles. The van der Waals surface area contributed by atoms with Crippen molar-refractivity contribution in [2.75, 3.05) is 26.9 Å². The minimum atomic E-state index is -0.664. The van der Waals surface area contributed by atoms with E-state index in [0.717, 1.165) is 0 Å². The zero-order valence-corrected chi connectivity index (χ0v) is 16.8. The molecule has 7 heteroatoms. The van der Waals surface area contributed by atoms with Crippen LogP contribution in [-0.2, 0) is 14.3 Å². The molecule has 0 bridgehead atoms. The first-order valence-corrected chi connectivity index (χ1v) is 8.87. The number of amides is 1. The molecule has 146 valence electrons. The first-order valence-electron chi connectivity index (χ1n) is 8.87. The summed E-state index contributed by atoms with van der Waals surface area (Å²) in [7, 11) is 1.55. The highest BCUT2D eigenvalue weighted by molar-refractivity contribution is 6.06. The van der Waals surface area contributed by atoms with Crippen LogP contribution in [-0.4, -0.2) is 60.5 Å². The summed E-state index contributed by atoms with van der Waals surface area (Å²) in [4.78, 5) is 42.2. The third-order valence-electron chi connectivity index (χ3n) is 4.32. The van der Waals surface area contributed by atoms with Crippen LogP contribution in [0, 0.1) is 19.8 Å². The Morgan fingerprint density at radius 1 is 1.15 bits per heavy atom. The Morgan fingerprint density at radius 3 is 2.27 bits per heavy atom. The average Bonchev–Trinajstić information content (AvgIpc) is 2.88. The zero-order chi connectivity index (χ0) is 20.0. The van der Waals surface area contributed by atoms with Gasteiger partial charge in [0.05, 0.1) is 19.3 Å². The standard InChI is InChI=1S/C19H30N2O5/c1-8-26-19(24)16-12(4)15(13(5)20-16)17(22)14(6)21(9-10-25-7)18(23)11(2)3/h11,14,20H,8-10H2,1-7H3/t14-/m0/s1. The lowest BCUT2D eigenvalue weighted by molar-refractivity contribution is -0.136. The second-order valence-electron chi connectivity index (χ2n) is 6.56. The molecule has 1 atom stereocenters. The lowest BCUT2D eigenvalue weighted by atomic mass is 9.99. The van der Waals surface area contributed by atoms with Crippen molar-refractivity contribution in [1.82, 2.24) is 9.88 Å². The van der Waals surface area contributed by atoms with Gasteiger partial charge in [0, 0.05) is 30.8 Å². The van der Waals surface area contributed by atoms with Crippen LogP contribution in [0.3, 0.4) is 0 Å². The van der Waals surface area contributed by atoms with E-state index in [9.17, 15) is 14.4 Å². The van der Waals surface area contributed by atoms with Crippen molar-refractivity contribution in [3.63, 3.8) is 0 Å². The highest BCUT2D eigenvalue weighted by Gasteiger charge is 2.31. The maximum Gasteiger partial charge on any atom is 0.355 e. The van der Waals surface area contributed by atoms with Crippen LogP contribution in [0.1, 0.15) is 59.8 Å². The van der Waals surface area contributed by atoms with Crippen molar-refractivity contribution in [3.8, 4) is 0 Å². The highest BCUT2D eigenvalue weighted by atomic mass is 16.5. The van der Waals surface area contributed by atoms with Crippen molar-refractivity contribution >= 4 is 17.7 Å². The van der Waals surface area contributed by atoms with Gasteiger partial charge < -0.3 is 19.4 Å². The fourth-order valence-corrected chi connectivity index (χ4v) is 2.89. The molecule has 0 aromatic carbocycles. The Balaban J connectivity index is 3.20. The molecule has 1 aromatic heterocycles. The Hall–Kier alpha value is -2.15. The first kappa shape index (κ1) is 21.9. The molecule has 0 saturated heterocycles. The molecular weight excluding hydrogens is 336 g/mol. The fourth-order valence-electron chi connectivity index (χ4n) is 2.89. The normalized spacial score (nSPS) is 12.2. The van der Waals surface area contributed by atoms with E-state index in [-0.39, 0.29) is 29.9 Å². The smallest absolute Gasteiger partial charge is 0.355 e. The predicted molar refractivity (Wildman–Crippen MR) is 98.4 cm³/mol. The number of nitrogens with one attached hydrogen (secondary N) is 1. The van der Waals surface area contributed by atoms with E-state index in [4.69, 9.17) is 9.47 Å². The molecule has 0 radical (unpaired) electrons. The van der Waals surface area contributed by atoms with Gasteiger partial charge >= 0.3 is 5.97 Å². The molecule has 1 amide bonds. The summed E-state index contributed by atoms with van der Waals surface area (Å²) in [5.74, 6) is -1.05. The van der Waals surface area contributed by atoms with Crippen LogP contribution < -0.4 is 0 Å². The molecule has 0 fully saturated rings. The number of H-pyrrole nitrogens is 1. The van der Waals surface area contributed by atoms with Gasteiger partial charge in [-0.25, -0.2) is 4.79 Å². The number of carbonyl (C=O) groups is 3. The molecule has 1 rings (SSSR count). The second-order valence-corrected chi connectivity index (χ2v) is 6.56. The molecular formula is C19H30N2O5. The highest BCUT2D eigenvalue weighted by Crippen LogP contribution is 2.22. The maximum atomic E-state index is 13.1. The minimum Gasteiger partial charge on any atom is -0.461 e. The number of ketones is 1. The molecule has 1 aromatic rings. The lowest BCUT2D eigenvalue weighted by Crippen LogP contribution is -2.46.